The minimum Gasteiger partial charge on any atom is -0.285 e. The number of benzene rings is 1. The molecule has 1 aliphatic heterocycles. The molecule has 0 radical (unpaired) electrons. The van der Waals surface area contributed by atoms with Crippen molar-refractivity contribution >= 4 is 11.1 Å². The van der Waals surface area contributed by atoms with Gasteiger partial charge < -0.3 is 0 Å². The molecule has 0 aromatic heterocycles. The highest BCUT2D eigenvalue weighted by Crippen LogP contribution is 2.28. The molecular weight excluding hydrogens is 220 g/mol. The van der Waals surface area contributed by atoms with Crippen LogP contribution in [0.4, 0.5) is 0 Å². The van der Waals surface area contributed by atoms with Crippen molar-refractivity contribution in [2.45, 2.75) is 44.5 Å². The number of hydrogen-bond acceptors (Lipinski definition) is 2. The first kappa shape index (κ1) is 10.5. The zero-order valence-electron chi connectivity index (χ0n) is 9.33. The summed E-state index contributed by atoms with van der Waals surface area (Å²) >= 11 is -1.11. The second-order valence-electron chi connectivity index (χ2n) is 4.66. The Morgan fingerprint density at radius 1 is 0.938 bits per heavy atom. The van der Waals surface area contributed by atoms with Gasteiger partial charge in [-0.15, -0.1) is 0 Å². The molecule has 1 atom stereocenters. The summed E-state index contributed by atoms with van der Waals surface area (Å²) in [7, 11) is 0. The van der Waals surface area contributed by atoms with Crippen molar-refractivity contribution < 1.29 is 8.39 Å². The molecule has 0 bridgehead atoms. The van der Waals surface area contributed by atoms with E-state index in [1.54, 1.807) is 0 Å². The van der Waals surface area contributed by atoms with Gasteiger partial charge in [-0.25, -0.2) is 4.21 Å². The van der Waals surface area contributed by atoms with Crippen LogP contribution in [0, 0.1) is 0 Å². The van der Waals surface area contributed by atoms with Crippen molar-refractivity contribution in [2.24, 2.45) is 0 Å². The Morgan fingerprint density at radius 3 is 2.38 bits per heavy atom. The van der Waals surface area contributed by atoms with Crippen LogP contribution in [0.3, 0.4) is 0 Å². The maximum atomic E-state index is 11.4. The number of aryl methyl sites for hydroxylation is 2. The van der Waals surface area contributed by atoms with Crippen LogP contribution >= 0.6 is 0 Å². The Labute approximate surface area is 98.7 Å². The number of rotatable bonds is 0. The fourth-order valence-electron chi connectivity index (χ4n) is 2.63. The van der Waals surface area contributed by atoms with Crippen LogP contribution in [0.25, 0.3) is 0 Å². The van der Waals surface area contributed by atoms with Crippen LogP contribution in [0.5, 0.6) is 0 Å². The first-order valence-corrected chi connectivity index (χ1v) is 7.22. The molecule has 3 rings (SSSR count). The predicted octanol–water partition coefficient (Wildman–Crippen LogP) is 2.65. The number of hydrogen-bond donors (Lipinski definition) is 0. The normalized spacial score (nSPS) is 24.4. The first-order valence-electron chi connectivity index (χ1n) is 5.98. The van der Waals surface area contributed by atoms with Gasteiger partial charge in [0.25, 0.3) is 0 Å². The molecule has 0 fully saturated rings. The zero-order chi connectivity index (χ0) is 11.0. The maximum absolute atomic E-state index is 11.4. The van der Waals surface area contributed by atoms with Crippen molar-refractivity contribution in [3.05, 3.63) is 34.4 Å². The van der Waals surface area contributed by atoms with Gasteiger partial charge >= 0.3 is 0 Å². The summed E-state index contributed by atoms with van der Waals surface area (Å²) in [4.78, 5) is 0. The molecule has 1 unspecified atom stereocenters. The molecule has 0 amide bonds. The van der Waals surface area contributed by atoms with Gasteiger partial charge in [0.05, 0.1) is 12.4 Å². The first-order chi connectivity index (χ1) is 7.83. The van der Waals surface area contributed by atoms with Crippen LogP contribution in [-0.4, -0.2) is 4.21 Å². The van der Waals surface area contributed by atoms with E-state index in [4.69, 9.17) is 4.18 Å². The van der Waals surface area contributed by atoms with Crippen molar-refractivity contribution in [1.29, 1.82) is 0 Å². The molecule has 1 heterocycles. The third kappa shape index (κ3) is 1.94. The van der Waals surface area contributed by atoms with Crippen LogP contribution in [0.2, 0.25) is 0 Å². The fourth-order valence-corrected chi connectivity index (χ4v) is 3.50. The van der Waals surface area contributed by atoms with Gasteiger partial charge in [0.15, 0.2) is 11.1 Å². The molecule has 16 heavy (non-hydrogen) atoms. The van der Waals surface area contributed by atoms with E-state index in [0.717, 1.165) is 0 Å². The van der Waals surface area contributed by atoms with Gasteiger partial charge in [0, 0.05) is 0 Å². The summed E-state index contributed by atoms with van der Waals surface area (Å²) in [5.74, 6) is 0.572. The second-order valence-corrected chi connectivity index (χ2v) is 5.79. The minimum absolute atomic E-state index is 0.523. The van der Waals surface area contributed by atoms with Gasteiger partial charge in [-0.1, -0.05) is 18.6 Å². The monoisotopic (exact) mass is 236 g/mol. The van der Waals surface area contributed by atoms with Crippen LogP contribution < -0.4 is 0 Å². The Balaban J connectivity index is 2.02. The summed E-state index contributed by atoms with van der Waals surface area (Å²) in [5.41, 5.74) is 5.47. The SMILES string of the molecule is O=S1Cc2cc3c(cc2CO1)CCCCC3. The largest absolute Gasteiger partial charge is 0.285 e. The van der Waals surface area contributed by atoms with E-state index in [2.05, 4.69) is 12.1 Å². The summed E-state index contributed by atoms with van der Waals surface area (Å²) in [6.07, 6.45) is 6.33. The van der Waals surface area contributed by atoms with Gasteiger partial charge in [-0.05, 0) is 47.9 Å². The van der Waals surface area contributed by atoms with Gasteiger partial charge in [0.2, 0.25) is 0 Å². The van der Waals surface area contributed by atoms with E-state index in [0.29, 0.717) is 12.4 Å². The Hall–Kier alpha value is -0.670. The van der Waals surface area contributed by atoms with E-state index in [9.17, 15) is 4.21 Å². The molecule has 1 aromatic carbocycles. The molecule has 3 heteroatoms. The molecule has 0 saturated heterocycles. The summed E-state index contributed by atoms with van der Waals surface area (Å²) in [6, 6.07) is 4.56. The Bertz CT molecular complexity index is 440. The molecule has 0 saturated carbocycles. The quantitative estimate of drug-likeness (QED) is 0.647. The topological polar surface area (TPSA) is 26.3 Å². The maximum Gasteiger partial charge on any atom is 0.160 e. The average molecular weight is 236 g/mol. The second kappa shape index (κ2) is 4.30. The lowest BCUT2D eigenvalue weighted by Crippen LogP contribution is -2.12. The van der Waals surface area contributed by atoms with E-state index in [-0.39, 0.29) is 0 Å². The number of fused-ring (bicyclic) bond motifs is 2. The lowest BCUT2D eigenvalue weighted by atomic mass is 9.96. The highest BCUT2D eigenvalue weighted by atomic mass is 32.2. The average Bonchev–Trinajstić information content (AvgIpc) is 2.50. The molecule has 1 aliphatic carbocycles. The van der Waals surface area contributed by atoms with Gasteiger partial charge in [0.1, 0.15) is 0 Å². The fraction of sp³-hybridized carbons (Fsp3) is 0.538. The van der Waals surface area contributed by atoms with Gasteiger partial charge in [-0.3, -0.25) is 4.18 Å². The van der Waals surface area contributed by atoms with Crippen molar-refractivity contribution in [3.8, 4) is 0 Å². The Morgan fingerprint density at radius 2 is 1.62 bits per heavy atom. The van der Waals surface area contributed by atoms with E-state index >= 15 is 0 Å². The molecule has 0 spiro atoms. The highest BCUT2D eigenvalue weighted by molar-refractivity contribution is 7.79. The third-order valence-electron chi connectivity index (χ3n) is 3.53. The molecule has 1 aromatic rings. The molecule has 0 N–H and O–H groups in total. The van der Waals surface area contributed by atoms with E-state index in [1.165, 1.54) is 54.4 Å². The highest BCUT2D eigenvalue weighted by Gasteiger charge is 2.18. The molecular formula is C13H16O2S. The zero-order valence-corrected chi connectivity index (χ0v) is 10.1. The lowest BCUT2D eigenvalue weighted by molar-refractivity contribution is 0.327. The van der Waals surface area contributed by atoms with Crippen LogP contribution in [0.15, 0.2) is 12.1 Å². The summed E-state index contributed by atoms with van der Waals surface area (Å²) in [5, 5.41) is 0. The Kier molecular flexibility index (Phi) is 2.82. The van der Waals surface area contributed by atoms with Crippen molar-refractivity contribution in [1.82, 2.24) is 0 Å². The van der Waals surface area contributed by atoms with Crippen molar-refractivity contribution in [2.75, 3.05) is 0 Å². The molecule has 86 valence electrons. The van der Waals surface area contributed by atoms with Crippen molar-refractivity contribution in [3.63, 3.8) is 0 Å². The standard InChI is InChI=1S/C13H16O2S/c14-16-9-13-7-11-5-3-1-2-4-10(11)6-12(13)8-15-16/h6-7H,1-5,8-9H2. The van der Waals surface area contributed by atoms with Gasteiger partial charge in [-0.2, -0.15) is 0 Å². The molecule has 2 nitrogen and oxygen atoms in total. The minimum atomic E-state index is -1.11. The van der Waals surface area contributed by atoms with E-state index < -0.39 is 11.1 Å². The molecule has 2 aliphatic rings. The third-order valence-corrected chi connectivity index (χ3v) is 4.46. The van der Waals surface area contributed by atoms with Crippen LogP contribution in [-0.2, 0) is 40.5 Å². The smallest absolute Gasteiger partial charge is 0.160 e. The summed E-state index contributed by atoms with van der Waals surface area (Å²) < 4.78 is 16.5. The van der Waals surface area contributed by atoms with Crippen LogP contribution in [0.1, 0.15) is 41.5 Å². The summed E-state index contributed by atoms with van der Waals surface area (Å²) in [6.45, 7) is 0.523. The lowest BCUT2D eigenvalue weighted by Gasteiger charge is -2.18. The van der Waals surface area contributed by atoms with E-state index in [1.807, 2.05) is 0 Å². The predicted molar refractivity (Wildman–Crippen MR) is 64.3 cm³/mol.